The number of halogens is 1. The van der Waals surface area contributed by atoms with Gasteiger partial charge < -0.3 is 15.8 Å². The molecule has 1 aromatic heterocycles. The first-order chi connectivity index (χ1) is 9.02. The molecular formula is C12H19ClN4OS. The van der Waals surface area contributed by atoms with Gasteiger partial charge in [0.2, 0.25) is 0 Å². The molecule has 1 heterocycles. The summed E-state index contributed by atoms with van der Waals surface area (Å²) < 4.78 is 0. The summed E-state index contributed by atoms with van der Waals surface area (Å²) in [6.07, 6.45) is 4.72. The summed E-state index contributed by atoms with van der Waals surface area (Å²) >= 11 is 8.08. The lowest BCUT2D eigenvalue weighted by Gasteiger charge is -2.27. The molecule has 0 aliphatic carbocycles. The third-order valence-electron chi connectivity index (χ3n) is 2.99. The van der Waals surface area contributed by atoms with Crippen LogP contribution in [0.1, 0.15) is 18.9 Å². The van der Waals surface area contributed by atoms with E-state index in [2.05, 4.69) is 23.3 Å². The van der Waals surface area contributed by atoms with Gasteiger partial charge in [-0.15, -0.1) is 0 Å². The van der Waals surface area contributed by atoms with Crippen molar-refractivity contribution in [1.29, 1.82) is 0 Å². The first-order valence-electron chi connectivity index (χ1n) is 5.87. The molecule has 5 nitrogen and oxygen atoms in total. The van der Waals surface area contributed by atoms with Crippen LogP contribution in [-0.2, 0) is 0 Å². The molecule has 0 saturated heterocycles. The van der Waals surface area contributed by atoms with E-state index in [1.165, 1.54) is 0 Å². The lowest BCUT2D eigenvalue weighted by atomic mass is 10.2. The summed E-state index contributed by atoms with van der Waals surface area (Å²) in [5, 5.41) is 12.1. The van der Waals surface area contributed by atoms with Crippen molar-refractivity contribution in [2.75, 3.05) is 24.0 Å². The predicted octanol–water partition coefficient (Wildman–Crippen LogP) is 2.41. The first kappa shape index (κ1) is 15.9. The minimum absolute atomic E-state index is 0.0150. The Bertz CT molecular complexity index is 455. The maximum Gasteiger partial charge on any atom is 0.171 e. The van der Waals surface area contributed by atoms with Crippen LogP contribution < -0.4 is 10.6 Å². The van der Waals surface area contributed by atoms with Gasteiger partial charge in [-0.2, -0.15) is 11.8 Å². The van der Waals surface area contributed by atoms with Gasteiger partial charge in [0.1, 0.15) is 5.82 Å². The number of hydrogen-bond donors (Lipinski definition) is 2. The number of aromatic nitrogens is 1. The van der Waals surface area contributed by atoms with E-state index >= 15 is 0 Å². The van der Waals surface area contributed by atoms with E-state index in [-0.39, 0.29) is 5.84 Å². The van der Waals surface area contributed by atoms with E-state index in [1.807, 2.05) is 11.9 Å². The third kappa shape index (κ3) is 3.91. The van der Waals surface area contributed by atoms with Crippen LogP contribution in [0.3, 0.4) is 0 Å². The normalized spacial score (nSPS) is 13.4. The summed E-state index contributed by atoms with van der Waals surface area (Å²) in [6, 6.07) is 1.93. The third-order valence-corrected chi connectivity index (χ3v) is 4.01. The lowest BCUT2D eigenvalue weighted by molar-refractivity contribution is 0.318. The van der Waals surface area contributed by atoms with Crippen molar-refractivity contribution in [3.63, 3.8) is 0 Å². The van der Waals surface area contributed by atoms with Crippen molar-refractivity contribution in [2.24, 2.45) is 10.9 Å². The molecule has 1 aromatic rings. The molecule has 1 rings (SSSR count). The fourth-order valence-corrected chi connectivity index (χ4v) is 2.54. The number of thioether (sulfide) groups is 1. The fraction of sp³-hybridized carbons (Fsp3) is 0.500. The molecule has 19 heavy (non-hydrogen) atoms. The van der Waals surface area contributed by atoms with E-state index in [1.54, 1.807) is 24.0 Å². The molecule has 0 aliphatic heterocycles. The van der Waals surface area contributed by atoms with Gasteiger partial charge >= 0.3 is 0 Å². The number of anilines is 1. The maximum absolute atomic E-state index is 8.74. The van der Waals surface area contributed by atoms with Crippen molar-refractivity contribution >= 4 is 35.0 Å². The highest BCUT2D eigenvalue weighted by Gasteiger charge is 2.17. The van der Waals surface area contributed by atoms with Gasteiger partial charge in [0.05, 0.1) is 5.02 Å². The van der Waals surface area contributed by atoms with Crippen LogP contribution in [0.2, 0.25) is 5.02 Å². The predicted molar refractivity (Wildman–Crippen MR) is 82.6 cm³/mol. The molecule has 0 aromatic carbocycles. The molecule has 3 N–H and O–H groups in total. The summed E-state index contributed by atoms with van der Waals surface area (Å²) in [7, 11) is 1.94. The second kappa shape index (κ2) is 7.45. The summed E-state index contributed by atoms with van der Waals surface area (Å²) in [4.78, 5) is 6.29. The van der Waals surface area contributed by atoms with Crippen molar-refractivity contribution in [2.45, 2.75) is 19.4 Å². The van der Waals surface area contributed by atoms with Crippen molar-refractivity contribution in [1.82, 2.24) is 4.98 Å². The second-order valence-electron chi connectivity index (χ2n) is 4.22. The summed E-state index contributed by atoms with van der Waals surface area (Å²) in [5.41, 5.74) is 6.07. The number of nitrogens with two attached hydrogens (primary N) is 1. The van der Waals surface area contributed by atoms with Gasteiger partial charge in [0.25, 0.3) is 0 Å². The van der Waals surface area contributed by atoms with E-state index in [4.69, 9.17) is 22.5 Å². The maximum atomic E-state index is 8.74. The van der Waals surface area contributed by atoms with Gasteiger partial charge in [-0.3, -0.25) is 0 Å². The largest absolute Gasteiger partial charge is 0.409 e. The van der Waals surface area contributed by atoms with Crippen LogP contribution in [0.15, 0.2) is 17.4 Å². The highest BCUT2D eigenvalue weighted by molar-refractivity contribution is 7.98. The van der Waals surface area contributed by atoms with Gasteiger partial charge in [-0.25, -0.2) is 4.98 Å². The van der Waals surface area contributed by atoms with Crippen molar-refractivity contribution in [3.8, 4) is 0 Å². The van der Waals surface area contributed by atoms with E-state index in [0.29, 0.717) is 22.4 Å². The Morgan fingerprint density at radius 3 is 2.95 bits per heavy atom. The standard InChI is InChI=1S/C12H19ClN4OS/c1-8(5-7-19-3)17(2)12-10(13)9(4-6-15-12)11(14)16-18/h4,6,8,18H,5,7H2,1-3H3,(H2,14,16). The molecule has 0 saturated carbocycles. The fourth-order valence-electron chi connectivity index (χ4n) is 1.62. The average molecular weight is 303 g/mol. The topological polar surface area (TPSA) is 74.7 Å². The number of nitrogens with zero attached hydrogens (tertiary/aromatic N) is 3. The minimum Gasteiger partial charge on any atom is -0.409 e. The monoisotopic (exact) mass is 302 g/mol. The highest BCUT2D eigenvalue weighted by Crippen LogP contribution is 2.27. The number of pyridine rings is 1. The minimum atomic E-state index is -0.0150. The Morgan fingerprint density at radius 2 is 2.37 bits per heavy atom. The zero-order valence-corrected chi connectivity index (χ0v) is 12.9. The molecule has 0 radical (unpaired) electrons. The van der Waals surface area contributed by atoms with Crippen LogP contribution in [0.4, 0.5) is 5.82 Å². The molecule has 1 atom stereocenters. The van der Waals surface area contributed by atoms with E-state index < -0.39 is 0 Å². The molecule has 0 spiro atoms. The Balaban J connectivity index is 3.01. The number of hydrogen-bond acceptors (Lipinski definition) is 5. The van der Waals surface area contributed by atoms with E-state index in [9.17, 15) is 0 Å². The molecule has 7 heteroatoms. The quantitative estimate of drug-likeness (QED) is 0.365. The first-order valence-corrected chi connectivity index (χ1v) is 7.64. The zero-order valence-electron chi connectivity index (χ0n) is 11.3. The van der Waals surface area contributed by atoms with Gasteiger partial charge in [-0.1, -0.05) is 16.8 Å². The van der Waals surface area contributed by atoms with Crippen LogP contribution in [-0.4, -0.2) is 41.1 Å². The van der Waals surface area contributed by atoms with Crippen molar-refractivity contribution < 1.29 is 5.21 Å². The highest BCUT2D eigenvalue weighted by atomic mass is 35.5. The molecule has 0 fully saturated rings. The number of oxime groups is 1. The number of amidine groups is 1. The SMILES string of the molecule is CSCCC(C)N(C)c1nccc(/C(N)=N/O)c1Cl. The average Bonchev–Trinajstić information content (AvgIpc) is 2.43. The van der Waals surface area contributed by atoms with Gasteiger partial charge in [-0.05, 0) is 31.4 Å². The van der Waals surface area contributed by atoms with Crippen molar-refractivity contribution in [3.05, 3.63) is 22.8 Å². The Morgan fingerprint density at radius 1 is 1.68 bits per heavy atom. The van der Waals surface area contributed by atoms with Crippen LogP contribution >= 0.6 is 23.4 Å². The molecule has 106 valence electrons. The Hall–Kier alpha value is -1.14. The molecule has 0 bridgehead atoms. The zero-order chi connectivity index (χ0) is 14.4. The van der Waals surface area contributed by atoms with Gasteiger partial charge in [0, 0.05) is 24.8 Å². The molecule has 1 unspecified atom stereocenters. The molecule has 0 amide bonds. The lowest BCUT2D eigenvalue weighted by Crippen LogP contribution is -2.31. The summed E-state index contributed by atoms with van der Waals surface area (Å²) in [5.74, 6) is 1.70. The van der Waals surface area contributed by atoms with E-state index in [0.717, 1.165) is 12.2 Å². The molecule has 0 aliphatic rings. The second-order valence-corrected chi connectivity index (χ2v) is 5.59. The van der Waals surface area contributed by atoms with Crippen LogP contribution in [0.5, 0.6) is 0 Å². The van der Waals surface area contributed by atoms with Crippen LogP contribution in [0, 0.1) is 0 Å². The summed E-state index contributed by atoms with van der Waals surface area (Å²) in [6.45, 7) is 2.12. The van der Waals surface area contributed by atoms with Gasteiger partial charge in [0.15, 0.2) is 5.84 Å². The Kier molecular flexibility index (Phi) is 6.24. The Labute approximate surface area is 122 Å². The number of rotatable bonds is 6. The smallest absolute Gasteiger partial charge is 0.171 e. The molecular weight excluding hydrogens is 284 g/mol. The van der Waals surface area contributed by atoms with Crippen LogP contribution in [0.25, 0.3) is 0 Å².